The number of aryl methyl sites for hydroxylation is 1. The topological polar surface area (TPSA) is 30.7 Å². The monoisotopic (exact) mass is 421 g/mol. The van der Waals surface area contributed by atoms with E-state index < -0.39 is 0 Å². The van der Waals surface area contributed by atoms with E-state index in [2.05, 4.69) is 88.0 Å². The Balaban J connectivity index is 1.89. The third-order valence-corrected chi connectivity index (χ3v) is 6.54. The van der Waals surface area contributed by atoms with Gasteiger partial charge in [-0.1, -0.05) is 39.8 Å². The molecule has 2 aromatic heterocycles. The Hall–Kier alpha value is -1.11. The predicted octanol–water partition coefficient (Wildman–Crippen LogP) is 6.26. The number of hydrogen-bond donors (Lipinski definition) is 0. The summed E-state index contributed by atoms with van der Waals surface area (Å²) in [6.45, 7) is 8.69. The smallest absolute Gasteiger partial charge is 0.192 e. The third-order valence-electron chi connectivity index (χ3n) is 3.99. The van der Waals surface area contributed by atoms with Crippen molar-refractivity contribution in [1.82, 2.24) is 14.8 Å². The van der Waals surface area contributed by atoms with Crippen molar-refractivity contribution in [2.24, 2.45) is 0 Å². The van der Waals surface area contributed by atoms with Crippen LogP contribution in [0, 0.1) is 13.8 Å². The van der Waals surface area contributed by atoms with Crippen LogP contribution in [0.1, 0.15) is 35.9 Å². The van der Waals surface area contributed by atoms with Gasteiger partial charge in [-0.15, -0.1) is 21.5 Å². The Morgan fingerprint density at radius 1 is 1.17 bits per heavy atom. The Kier molecular flexibility index (Phi) is 5.47. The molecule has 6 heteroatoms. The van der Waals surface area contributed by atoms with E-state index >= 15 is 0 Å². The van der Waals surface area contributed by atoms with E-state index in [0.29, 0.717) is 6.04 Å². The molecular formula is C18H20BrN3S2. The Labute approximate surface area is 159 Å². The number of aromatic nitrogens is 3. The molecule has 0 radical (unpaired) electrons. The second-order valence-corrected chi connectivity index (χ2v) is 8.96. The van der Waals surface area contributed by atoms with Crippen LogP contribution >= 0.6 is 39.0 Å². The van der Waals surface area contributed by atoms with Crippen LogP contribution in [0.15, 0.2) is 39.3 Å². The predicted molar refractivity (Wildman–Crippen MR) is 107 cm³/mol. The molecule has 0 atom stereocenters. The summed E-state index contributed by atoms with van der Waals surface area (Å²) in [6.07, 6.45) is 0. The molecule has 24 heavy (non-hydrogen) atoms. The fraction of sp³-hybridized carbons (Fsp3) is 0.333. The van der Waals surface area contributed by atoms with Crippen LogP contribution in [-0.2, 0) is 5.75 Å². The lowest BCUT2D eigenvalue weighted by Gasteiger charge is -2.13. The highest BCUT2D eigenvalue weighted by Gasteiger charge is 2.19. The molecule has 2 heterocycles. The zero-order valence-corrected chi connectivity index (χ0v) is 17.4. The molecule has 3 rings (SSSR count). The van der Waals surface area contributed by atoms with Crippen LogP contribution in [0.3, 0.4) is 0 Å². The van der Waals surface area contributed by atoms with E-state index in [1.54, 1.807) is 23.1 Å². The molecule has 0 N–H and O–H groups in total. The molecule has 0 unspecified atom stereocenters. The summed E-state index contributed by atoms with van der Waals surface area (Å²) in [5, 5.41) is 12.1. The first-order valence-electron chi connectivity index (χ1n) is 7.84. The lowest BCUT2D eigenvalue weighted by Crippen LogP contribution is -2.05. The molecule has 3 nitrogen and oxygen atoms in total. The summed E-state index contributed by atoms with van der Waals surface area (Å²) in [5.74, 6) is 1.87. The average molecular weight is 422 g/mol. The highest BCUT2D eigenvalue weighted by atomic mass is 79.9. The standard InChI is InChI=1S/C18H20BrN3S2/c1-11(2)22-17(16-10-23-13(4)12(16)3)20-21-18(22)24-9-14-5-7-15(19)8-6-14/h5-8,10-11H,9H2,1-4H3. The van der Waals surface area contributed by atoms with Crippen molar-refractivity contribution in [1.29, 1.82) is 0 Å². The number of halogens is 1. The van der Waals surface area contributed by atoms with Crippen molar-refractivity contribution < 1.29 is 0 Å². The van der Waals surface area contributed by atoms with Crippen molar-refractivity contribution in [3.8, 4) is 11.4 Å². The molecule has 0 spiro atoms. The van der Waals surface area contributed by atoms with E-state index in [0.717, 1.165) is 21.2 Å². The van der Waals surface area contributed by atoms with Gasteiger partial charge in [-0.05, 0) is 51.0 Å². The second-order valence-electron chi connectivity index (χ2n) is 6.02. The molecule has 0 saturated heterocycles. The largest absolute Gasteiger partial charge is 0.299 e. The molecule has 0 amide bonds. The highest BCUT2D eigenvalue weighted by molar-refractivity contribution is 9.10. The molecule has 1 aromatic carbocycles. The lowest BCUT2D eigenvalue weighted by molar-refractivity contribution is 0.555. The summed E-state index contributed by atoms with van der Waals surface area (Å²) < 4.78 is 3.35. The van der Waals surface area contributed by atoms with Gasteiger partial charge in [0.05, 0.1) is 0 Å². The van der Waals surface area contributed by atoms with Gasteiger partial charge in [0.1, 0.15) is 0 Å². The van der Waals surface area contributed by atoms with Gasteiger partial charge in [0.25, 0.3) is 0 Å². The van der Waals surface area contributed by atoms with Crippen molar-refractivity contribution in [2.75, 3.05) is 0 Å². The first-order valence-corrected chi connectivity index (χ1v) is 10.5. The van der Waals surface area contributed by atoms with E-state index in [4.69, 9.17) is 0 Å². The normalized spacial score (nSPS) is 11.4. The van der Waals surface area contributed by atoms with E-state index in [1.165, 1.54) is 21.6 Å². The van der Waals surface area contributed by atoms with Crippen LogP contribution in [0.25, 0.3) is 11.4 Å². The van der Waals surface area contributed by atoms with Crippen LogP contribution < -0.4 is 0 Å². The Bertz CT molecular complexity index is 835. The lowest BCUT2D eigenvalue weighted by atomic mass is 10.1. The molecule has 3 aromatic rings. The number of benzene rings is 1. The highest BCUT2D eigenvalue weighted by Crippen LogP contribution is 2.34. The van der Waals surface area contributed by atoms with Gasteiger partial charge in [-0.2, -0.15) is 0 Å². The first-order chi connectivity index (χ1) is 11.5. The first kappa shape index (κ1) is 17.7. The summed E-state index contributed by atoms with van der Waals surface area (Å²) in [5.41, 5.74) is 3.79. The molecule has 0 fully saturated rings. The summed E-state index contributed by atoms with van der Waals surface area (Å²) in [4.78, 5) is 1.34. The molecule has 126 valence electrons. The summed E-state index contributed by atoms with van der Waals surface area (Å²) in [7, 11) is 0. The molecule has 0 saturated carbocycles. The van der Waals surface area contributed by atoms with Crippen molar-refractivity contribution in [3.63, 3.8) is 0 Å². The van der Waals surface area contributed by atoms with Crippen LogP contribution in [0.2, 0.25) is 0 Å². The van der Waals surface area contributed by atoms with Gasteiger partial charge in [-0.3, -0.25) is 4.57 Å². The van der Waals surface area contributed by atoms with Gasteiger partial charge in [-0.25, -0.2) is 0 Å². The molecule has 0 aliphatic heterocycles. The number of rotatable bonds is 5. The molecular weight excluding hydrogens is 402 g/mol. The SMILES string of the molecule is Cc1scc(-c2nnc(SCc3ccc(Br)cc3)n2C(C)C)c1C. The van der Waals surface area contributed by atoms with E-state index in [9.17, 15) is 0 Å². The van der Waals surface area contributed by atoms with Gasteiger partial charge in [0.2, 0.25) is 0 Å². The van der Waals surface area contributed by atoms with Gasteiger partial charge >= 0.3 is 0 Å². The van der Waals surface area contributed by atoms with Crippen LogP contribution in [-0.4, -0.2) is 14.8 Å². The summed E-state index contributed by atoms with van der Waals surface area (Å²) >= 11 is 6.99. The summed E-state index contributed by atoms with van der Waals surface area (Å²) in [6, 6.07) is 8.75. The number of nitrogens with zero attached hydrogens (tertiary/aromatic N) is 3. The van der Waals surface area contributed by atoms with Crippen LogP contribution in [0.4, 0.5) is 0 Å². The molecule has 0 bridgehead atoms. The zero-order valence-electron chi connectivity index (χ0n) is 14.2. The Morgan fingerprint density at radius 3 is 2.46 bits per heavy atom. The van der Waals surface area contributed by atoms with Crippen molar-refractivity contribution in [2.45, 2.75) is 44.6 Å². The maximum absolute atomic E-state index is 4.50. The fourth-order valence-corrected chi connectivity index (χ4v) is 4.64. The van der Waals surface area contributed by atoms with E-state index in [-0.39, 0.29) is 0 Å². The second kappa shape index (κ2) is 7.42. The fourth-order valence-electron chi connectivity index (χ4n) is 2.49. The van der Waals surface area contributed by atoms with Crippen molar-refractivity contribution >= 4 is 39.0 Å². The zero-order chi connectivity index (χ0) is 17.3. The minimum absolute atomic E-state index is 0.321. The minimum Gasteiger partial charge on any atom is -0.299 e. The third kappa shape index (κ3) is 3.60. The van der Waals surface area contributed by atoms with Gasteiger partial charge in [0, 0.05) is 32.1 Å². The maximum atomic E-state index is 4.50. The van der Waals surface area contributed by atoms with Gasteiger partial charge in [0.15, 0.2) is 11.0 Å². The average Bonchev–Trinajstić information content (AvgIpc) is 3.11. The number of thiophene rings is 1. The Morgan fingerprint density at radius 2 is 1.88 bits per heavy atom. The van der Waals surface area contributed by atoms with Crippen LogP contribution in [0.5, 0.6) is 0 Å². The minimum atomic E-state index is 0.321. The maximum Gasteiger partial charge on any atom is 0.192 e. The van der Waals surface area contributed by atoms with Crippen molar-refractivity contribution in [3.05, 3.63) is 50.1 Å². The number of thioether (sulfide) groups is 1. The molecule has 0 aliphatic carbocycles. The quantitative estimate of drug-likeness (QED) is 0.455. The van der Waals surface area contributed by atoms with Gasteiger partial charge < -0.3 is 0 Å². The number of hydrogen-bond acceptors (Lipinski definition) is 4. The molecule has 0 aliphatic rings. The van der Waals surface area contributed by atoms with E-state index in [1.807, 2.05) is 0 Å².